The fourth-order valence-corrected chi connectivity index (χ4v) is 1.82. The Kier molecular flexibility index (Phi) is 14.1. The van der Waals surface area contributed by atoms with Gasteiger partial charge in [-0.05, 0) is 18.9 Å². The number of hydrogen-bond acceptors (Lipinski definition) is 6. The molecule has 0 aromatic heterocycles. The molecule has 0 radical (unpaired) electrons. The van der Waals surface area contributed by atoms with E-state index in [-0.39, 0.29) is 19.6 Å². The van der Waals surface area contributed by atoms with Crippen molar-refractivity contribution in [3.8, 4) is 0 Å². The number of carbonyl (C=O) groups excluding carboxylic acids is 2. The lowest BCUT2D eigenvalue weighted by atomic mass is 10.2. The number of aliphatic carboxylic acids is 1. The molecule has 1 rings (SSSR count). The average Bonchev–Trinajstić information content (AvgIpc) is 2.67. The summed E-state index contributed by atoms with van der Waals surface area (Å²) in [6, 6.07) is 8.45. The van der Waals surface area contributed by atoms with E-state index in [0.29, 0.717) is 13.2 Å². The quantitative estimate of drug-likeness (QED) is 0.441. The molecule has 9 nitrogen and oxygen atoms in total. The molecule has 0 fully saturated rings. The van der Waals surface area contributed by atoms with E-state index >= 15 is 0 Å². The summed E-state index contributed by atoms with van der Waals surface area (Å²) in [4.78, 5) is 39.1. The van der Waals surface area contributed by atoms with Gasteiger partial charge in [0.1, 0.15) is 6.61 Å². The molecule has 1 aromatic carbocycles. The highest BCUT2D eigenvalue weighted by molar-refractivity contribution is 5.90. The van der Waals surface area contributed by atoms with Crippen LogP contribution < -0.4 is 5.32 Å². The molecule has 27 heavy (non-hydrogen) atoms. The molecule has 0 aliphatic heterocycles. The molecule has 0 saturated carbocycles. The molecule has 1 aromatic rings. The third-order valence-corrected chi connectivity index (χ3v) is 3.22. The molecular weight excluding hydrogens is 356 g/mol. The first-order valence-electron chi connectivity index (χ1n) is 8.69. The zero-order valence-electron chi connectivity index (χ0n) is 15.7. The Balaban J connectivity index is 0.00000153. The Morgan fingerprint density at radius 3 is 2.26 bits per heavy atom. The predicted molar refractivity (Wildman–Crippen MR) is 98.1 cm³/mol. The van der Waals surface area contributed by atoms with E-state index in [0.717, 1.165) is 18.4 Å². The van der Waals surface area contributed by atoms with Gasteiger partial charge >= 0.3 is 18.1 Å². The van der Waals surface area contributed by atoms with Gasteiger partial charge in [0.25, 0.3) is 0 Å². The number of unbranched alkanes of at least 4 members (excludes halogenated alkanes) is 1. The van der Waals surface area contributed by atoms with Crippen molar-refractivity contribution in [2.24, 2.45) is 0 Å². The molecule has 3 amide bonds. The summed E-state index contributed by atoms with van der Waals surface area (Å²) in [6.07, 6.45) is 0.563. The zero-order chi connectivity index (χ0) is 20.5. The molecule has 0 atom stereocenters. The van der Waals surface area contributed by atoms with E-state index in [1.807, 2.05) is 25.1 Å². The van der Waals surface area contributed by atoms with Crippen molar-refractivity contribution in [2.75, 3.05) is 19.7 Å². The number of hydrogen-bond donors (Lipinski definition) is 3. The number of ether oxygens (including phenoxy) is 1. The van der Waals surface area contributed by atoms with Crippen LogP contribution in [0.4, 0.5) is 9.59 Å². The lowest BCUT2D eigenvalue weighted by molar-refractivity contribution is -0.237. The van der Waals surface area contributed by atoms with Crippen LogP contribution >= 0.6 is 0 Å². The van der Waals surface area contributed by atoms with Crippen LogP contribution in [0.3, 0.4) is 0 Å². The van der Waals surface area contributed by atoms with Crippen molar-refractivity contribution in [2.45, 2.75) is 39.7 Å². The Labute approximate surface area is 158 Å². The summed E-state index contributed by atoms with van der Waals surface area (Å²) in [6.45, 7) is 4.54. The lowest BCUT2D eigenvalue weighted by Gasteiger charge is -2.21. The van der Waals surface area contributed by atoms with Crippen LogP contribution in [0.2, 0.25) is 0 Å². The third kappa shape index (κ3) is 13.2. The van der Waals surface area contributed by atoms with Gasteiger partial charge in [-0.25, -0.2) is 19.8 Å². The lowest BCUT2D eigenvalue weighted by Crippen LogP contribution is -2.44. The number of amides is 3. The number of benzene rings is 1. The second kappa shape index (κ2) is 15.6. The van der Waals surface area contributed by atoms with Crippen molar-refractivity contribution in [3.05, 3.63) is 35.9 Å². The van der Waals surface area contributed by atoms with Crippen molar-refractivity contribution in [1.82, 2.24) is 10.2 Å². The van der Waals surface area contributed by atoms with Crippen LogP contribution in [0.25, 0.3) is 0 Å². The molecule has 3 N–H and O–H groups in total. The SMILES string of the molecule is CCCCN(CCC(=O)O)C(=O)NC(=O)OCc1ccccc1.CCOO. The number of urea groups is 1. The van der Waals surface area contributed by atoms with Gasteiger partial charge in [-0.2, -0.15) is 0 Å². The Morgan fingerprint density at radius 1 is 1.11 bits per heavy atom. The second-order valence-corrected chi connectivity index (χ2v) is 5.39. The summed E-state index contributed by atoms with van der Waals surface area (Å²) >= 11 is 0. The van der Waals surface area contributed by atoms with Gasteiger partial charge < -0.3 is 14.7 Å². The standard InChI is InChI=1S/C16H22N2O5.C2H6O2/c1-2-3-10-18(11-9-14(19)20)15(21)17-16(22)23-12-13-7-5-4-6-8-13;1-2-4-3/h4-8H,2-3,9-12H2,1H3,(H,19,20)(H,17,21,22);3H,2H2,1H3. The van der Waals surface area contributed by atoms with Crippen LogP contribution in [0.1, 0.15) is 38.7 Å². The van der Waals surface area contributed by atoms with E-state index in [2.05, 4.69) is 10.2 Å². The molecule has 0 saturated heterocycles. The van der Waals surface area contributed by atoms with Gasteiger partial charge in [0.05, 0.1) is 13.0 Å². The maximum absolute atomic E-state index is 12.0. The Morgan fingerprint density at radius 2 is 1.74 bits per heavy atom. The summed E-state index contributed by atoms with van der Waals surface area (Å²) in [5.41, 5.74) is 0.809. The maximum Gasteiger partial charge on any atom is 0.415 e. The highest BCUT2D eigenvalue weighted by Crippen LogP contribution is 2.02. The fraction of sp³-hybridized carbons (Fsp3) is 0.500. The molecule has 0 unspecified atom stereocenters. The largest absolute Gasteiger partial charge is 0.481 e. The molecule has 0 bridgehead atoms. The average molecular weight is 384 g/mol. The van der Waals surface area contributed by atoms with Crippen LogP contribution in [0.5, 0.6) is 0 Å². The number of nitrogens with zero attached hydrogens (tertiary/aromatic N) is 1. The number of rotatable bonds is 9. The van der Waals surface area contributed by atoms with E-state index in [1.54, 1.807) is 19.1 Å². The minimum absolute atomic E-state index is 0.0487. The zero-order valence-corrected chi connectivity index (χ0v) is 15.7. The van der Waals surface area contributed by atoms with E-state index in [4.69, 9.17) is 15.1 Å². The first-order valence-corrected chi connectivity index (χ1v) is 8.69. The Bertz CT molecular complexity index is 550. The number of nitrogens with one attached hydrogen (secondary N) is 1. The minimum atomic E-state index is -0.994. The van der Waals surface area contributed by atoms with Crippen molar-refractivity contribution >= 4 is 18.1 Å². The Hall–Kier alpha value is -2.65. The van der Waals surface area contributed by atoms with Gasteiger partial charge in [-0.15, -0.1) is 0 Å². The smallest absolute Gasteiger partial charge is 0.415 e. The number of imide groups is 1. The van der Waals surface area contributed by atoms with Gasteiger partial charge in [0, 0.05) is 13.1 Å². The van der Waals surface area contributed by atoms with Crippen LogP contribution in [0.15, 0.2) is 30.3 Å². The number of alkyl carbamates (subject to hydrolysis) is 1. The molecule has 9 heteroatoms. The molecular formula is C18H28N2O7. The number of carbonyl (C=O) groups is 3. The van der Waals surface area contributed by atoms with Gasteiger partial charge in [-0.1, -0.05) is 43.7 Å². The normalized spacial score (nSPS) is 9.59. The topological polar surface area (TPSA) is 125 Å². The second-order valence-electron chi connectivity index (χ2n) is 5.39. The molecule has 0 spiro atoms. The number of carboxylic acids is 1. The van der Waals surface area contributed by atoms with Crippen molar-refractivity contribution in [1.29, 1.82) is 0 Å². The molecule has 0 aliphatic carbocycles. The molecule has 0 aliphatic rings. The van der Waals surface area contributed by atoms with Gasteiger partial charge in [-0.3, -0.25) is 10.1 Å². The third-order valence-electron chi connectivity index (χ3n) is 3.22. The predicted octanol–water partition coefficient (Wildman–Crippen LogP) is 3.11. The van der Waals surface area contributed by atoms with E-state index in [1.165, 1.54) is 4.90 Å². The summed E-state index contributed by atoms with van der Waals surface area (Å²) in [5, 5.41) is 18.2. The van der Waals surface area contributed by atoms with Crippen molar-refractivity contribution in [3.63, 3.8) is 0 Å². The van der Waals surface area contributed by atoms with Crippen LogP contribution in [-0.2, 0) is 21.0 Å². The highest BCUT2D eigenvalue weighted by Gasteiger charge is 2.17. The van der Waals surface area contributed by atoms with Gasteiger partial charge in [0.15, 0.2) is 0 Å². The van der Waals surface area contributed by atoms with Gasteiger partial charge in [0.2, 0.25) is 0 Å². The summed E-state index contributed by atoms with van der Waals surface area (Å²) < 4.78 is 4.97. The van der Waals surface area contributed by atoms with E-state index < -0.39 is 18.1 Å². The van der Waals surface area contributed by atoms with Crippen LogP contribution in [0, 0.1) is 0 Å². The summed E-state index contributed by atoms with van der Waals surface area (Å²) in [7, 11) is 0. The maximum atomic E-state index is 12.0. The molecule has 152 valence electrons. The molecule has 0 heterocycles. The first kappa shape index (κ1) is 24.4. The fourth-order valence-electron chi connectivity index (χ4n) is 1.82. The minimum Gasteiger partial charge on any atom is -0.481 e. The summed E-state index contributed by atoms with van der Waals surface area (Å²) in [5.74, 6) is -0.994. The first-order chi connectivity index (χ1) is 12.9. The van der Waals surface area contributed by atoms with Crippen molar-refractivity contribution < 1.29 is 34.4 Å². The van der Waals surface area contributed by atoms with Crippen LogP contribution in [-0.4, -0.2) is 53.1 Å². The number of carboxylic acid groups (broad SMARTS) is 1. The van der Waals surface area contributed by atoms with E-state index in [9.17, 15) is 14.4 Å². The monoisotopic (exact) mass is 384 g/mol. The highest BCUT2D eigenvalue weighted by atomic mass is 17.1.